The van der Waals surface area contributed by atoms with Crippen molar-refractivity contribution in [1.82, 2.24) is 34.9 Å². The topological polar surface area (TPSA) is 132 Å². The maximum atomic E-state index is 12.1. The van der Waals surface area contributed by atoms with Gasteiger partial charge in [-0.05, 0) is 23.6 Å². The van der Waals surface area contributed by atoms with Crippen LogP contribution in [0.2, 0.25) is 0 Å². The summed E-state index contributed by atoms with van der Waals surface area (Å²) in [6.45, 7) is 6.04. The summed E-state index contributed by atoms with van der Waals surface area (Å²) in [7, 11) is 3.39. The summed E-state index contributed by atoms with van der Waals surface area (Å²) in [5.74, 6) is 0.960. The molecule has 0 saturated heterocycles. The predicted molar refractivity (Wildman–Crippen MR) is 117 cm³/mol. The van der Waals surface area contributed by atoms with Crippen molar-refractivity contribution in [2.45, 2.75) is 39.4 Å². The van der Waals surface area contributed by atoms with Crippen LogP contribution in [0.25, 0.3) is 17.2 Å². The lowest BCUT2D eigenvalue weighted by Gasteiger charge is -2.21. The van der Waals surface area contributed by atoms with Gasteiger partial charge in [0.25, 0.3) is 5.91 Å². The second-order valence-corrected chi connectivity index (χ2v) is 8.77. The number of nitrogens with zero attached hydrogens (tertiary/aromatic N) is 7. The minimum Gasteiger partial charge on any atom is -0.470 e. The van der Waals surface area contributed by atoms with Crippen molar-refractivity contribution in [3.63, 3.8) is 0 Å². The molecule has 4 aromatic rings. The van der Waals surface area contributed by atoms with Gasteiger partial charge in [0.1, 0.15) is 13.2 Å². The smallest absolute Gasteiger partial charge is 0.254 e. The molecule has 33 heavy (non-hydrogen) atoms. The van der Waals surface area contributed by atoms with E-state index in [0.29, 0.717) is 40.1 Å². The summed E-state index contributed by atoms with van der Waals surface area (Å²) in [6, 6.07) is 6.92. The Bertz CT molecular complexity index is 1290. The number of fused-ring (bicyclic) bond motifs is 1. The third-order valence-corrected chi connectivity index (χ3v) is 4.95. The molecule has 1 N–H and O–H groups in total. The van der Waals surface area contributed by atoms with Crippen LogP contribution < -0.4 is 4.74 Å². The maximum absolute atomic E-state index is 12.1. The van der Waals surface area contributed by atoms with Gasteiger partial charge in [-0.2, -0.15) is 4.52 Å². The van der Waals surface area contributed by atoms with Crippen LogP contribution in [0.3, 0.4) is 0 Å². The van der Waals surface area contributed by atoms with E-state index in [1.165, 1.54) is 15.6 Å². The zero-order chi connectivity index (χ0) is 23.8. The number of rotatable bonds is 6. The minimum atomic E-state index is -0.274. The Balaban J connectivity index is 1.66. The largest absolute Gasteiger partial charge is 0.470 e. The van der Waals surface area contributed by atoms with Gasteiger partial charge in [-0.25, -0.2) is 0 Å². The quantitative estimate of drug-likeness (QED) is 0.469. The third kappa shape index (κ3) is 4.53. The Labute approximate surface area is 190 Å². The molecule has 1 amide bonds. The number of aromatic nitrogens is 6. The fraction of sp³-hybridized carbons (Fsp3) is 0.364. The normalized spacial score (nSPS) is 11.7. The highest BCUT2D eigenvalue weighted by Crippen LogP contribution is 2.32. The molecule has 0 aliphatic heterocycles. The fourth-order valence-electron chi connectivity index (χ4n) is 3.15. The Hall–Kier alpha value is -3.86. The van der Waals surface area contributed by atoms with E-state index in [-0.39, 0.29) is 24.5 Å². The first-order valence-corrected chi connectivity index (χ1v) is 10.3. The van der Waals surface area contributed by atoms with Gasteiger partial charge in [-0.1, -0.05) is 25.9 Å². The molecule has 11 heteroatoms. The van der Waals surface area contributed by atoms with Crippen molar-refractivity contribution in [2.24, 2.45) is 0 Å². The lowest BCUT2D eigenvalue weighted by Crippen LogP contribution is -2.21. The molecule has 0 atom stereocenters. The molecule has 4 rings (SSSR count). The maximum Gasteiger partial charge on any atom is 0.254 e. The van der Waals surface area contributed by atoms with Crippen LogP contribution in [0.15, 0.2) is 35.0 Å². The summed E-state index contributed by atoms with van der Waals surface area (Å²) in [4.78, 5) is 17.9. The first-order chi connectivity index (χ1) is 15.7. The van der Waals surface area contributed by atoms with Crippen molar-refractivity contribution < 1.29 is 19.2 Å². The third-order valence-electron chi connectivity index (χ3n) is 4.95. The first-order valence-electron chi connectivity index (χ1n) is 10.3. The highest BCUT2D eigenvalue weighted by atomic mass is 16.5. The lowest BCUT2D eigenvalue weighted by atomic mass is 9.88. The van der Waals surface area contributed by atoms with Gasteiger partial charge in [0.05, 0.1) is 11.3 Å². The summed E-state index contributed by atoms with van der Waals surface area (Å²) >= 11 is 0. The number of ether oxygens (including phenoxy) is 1. The summed E-state index contributed by atoms with van der Waals surface area (Å²) in [5, 5.41) is 26.2. The Morgan fingerprint density at radius 2 is 2.00 bits per heavy atom. The SMILES string of the molecule is CN(C)C(=O)c1ccc(COc2nn3c(-c4cc(CO)on4)nnc3cc2C(C)(C)C)nc1. The second kappa shape index (κ2) is 8.58. The van der Waals surface area contributed by atoms with Gasteiger partial charge < -0.3 is 19.3 Å². The average molecular weight is 451 g/mol. The molecular weight excluding hydrogens is 426 g/mol. The minimum absolute atomic E-state index is 0.116. The number of carbonyl (C=O) groups is 1. The standard InChI is InChI=1S/C22H25N7O4/c1-22(2,3)16-9-18-24-25-19(17-8-15(11-30)33-27-17)29(18)26-20(16)32-12-14-7-6-13(10-23-14)21(31)28(4)5/h6-10,30H,11-12H2,1-5H3. The van der Waals surface area contributed by atoms with Crippen molar-refractivity contribution in [1.29, 1.82) is 0 Å². The Kier molecular flexibility index (Phi) is 5.81. The predicted octanol–water partition coefficient (Wildman–Crippen LogP) is 2.24. The molecule has 172 valence electrons. The lowest BCUT2D eigenvalue weighted by molar-refractivity contribution is 0.0827. The highest BCUT2D eigenvalue weighted by Gasteiger charge is 2.24. The van der Waals surface area contributed by atoms with E-state index >= 15 is 0 Å². The van der Waals surface area contributed by atoms with E-state index in [2.05, 4.69) is 46.2 Å². The van der Waals surface area contributed by atoms with Crippen LogP contribution >= 0.6 is 0 Å². The molecule has 0 aliphatic rings. The van der Waals surface area contributed by atoms with Gasteiger partial charge in [0.2, 0.25) is 11.7 Å². The van der Waals surface area contributed by atoms with Crippen LogP contribution in [-0.2, 0) is 18.6 Å². The number of hydrogen-bond acceptors (Lipinski definition) is 9. The van der Waals surface area contributed by atoms with E-state index in [0.717, 1.165) is 5.56 Å². The van der Waals surface area contributed by atoms with Crippen LogP contribution in [0.1, 0.15) is 48.1 Å². The molecule has 0 fully saturated rings. The summed E-state index contributed by atoms with van der Waals surface area (Å²) in [5.41, 5.74) is 2.66. The highest BCUT2D eigenvalue weighted by molar-refractivity contribution is 5.93. The van der Waals surface area contributed by atoms with E-state index in [9.17, 15) is 9.90 Å². The van der Waals surface area contributed by atoms with Crippen LogP contribution in [0, 0.1) is 0 Å². The molecule has 0 radical (unpaired) electrons. The number of aliphatic hydroxyl groups is 1. The van der Waals surface area contributed by atoms with E-state index < -0.39 is 0 Å². The van der Waals surface area contributed by atoms with Crippen LogP contribution in [-0.4, -0.2) is 60.0 Å². The van der Waals surface area contributed by atoms with Crippen molar-refractivity contribution in [2.75, 3.05) is 14.1 Å². The summed E-state index contributed by atoms with van der Waals surface area (Å²) in [6.07, 6.45) is 1.53. The van der Waals surface area contributed by atoms with Crippen molar-refractivity contribution in [3.8, 4) is 17.4 Å². The Morgan fingerprint density at radius 3 is 2.61 bits per heavy atom. The van der Waals surface area contributed by atoms with Crippen molar-refractivity contribution >= 4 is 11.6 Å². The molecule has 0 aliphatic carbocycles. The number of carbonyl (C=O) groups excluding carboxylic acids is 1. The van der Waals surface area contributed by atoms with E-state index in [1.807, 2.05) is 6.07 Å². The Morgan fingerprint density at radius 1 is 1.21 bits per heavy atom. The molecule has 0 unspecified atom stereocenters. The second-order valence-electron chi connectivity index (χ2n) is 8.77. The molecule has 0 saturated carbocycles. The van der Waals surface area contributed by atoms with Gasteiger partial charge in [-0.15, -0.1) is 15.3 Å². The van der Waals surface area contributed by atoms with E-state index in [4.69, 9.17) is 9.26 Å². The number of amides is 1. The summed E-state index contributed by atoms with van der Waals surface area (Å²) < 4.78 is 12.7. The average Bonchev–Trinajstić information content (AvgIpc) is 3.42. The molecule has 4 aromatic heterocycles. The van der Waals surface area contributed by atoms with Crippen LogP contribution in [0.4, 0.5) is 0 Å². The molecule has 4 heterocycles. The van der Waals surface area contributed by atoms with Gasteiger partial charge in [-0.3, -0.25) is 9.78 Å². The van der Waals surface area contributed by atoms with Crippen molar-refractivity contribution in [3.05, 3.63) is 53.0 Å². The zero-order valence-electron chi connectivity index (χ0n) is 19.1. The molecule has 11 nitrogen and oxygen atoms in total. The first kappa shape index (κ1) is 22.3. The number of aliphatic hydroxyl groups excluding tert-OH is 1. The zero-order valence-corrected chi connectivity index (χ0v) is 19.1. The van der Waals surface area contributed by atoms with Gasteiger partial charge in [0.15, 0.2) is 17.1 Å². The fourth-order valence-corrected chi connectivity index (χ4v) is 3.15. The monoisotopic (exact) mass is 451 g/mol. The molecule has 0 spiro atoms. The number of hydrogen-bond donors (Lipinski definition) is 1. The number of pyridine rings is 1. The van der Waals surface area contributed by atoms with Gasteiger partial charge >= 0.3 is 0 Å². The molecule has 0 aromatic carbocycles. The van der Waals surface area contributed by atoms with Gasteiger partial charge in [0, 0.05) is 31.9 Å². The molecule has 0 bridgehead atoms. The van der Waals surface area contributed by atoms with Crippen LogP contribution in [0.5, 0.6) is 5.88 Å². The van der Waals surface area contributed by atoms with E-state index in [1.54, 1.807) is 32.3 Å². The molecular formula is C22H25N7O4.